The fourth-order valence-electron chi connectivity index (χ4n) is 2.73. The minimum atomic E-state index is -0.106. The third kappa shape index (κ3) is 6.30. The predicted octanol–water partition coefficient (Wildman–Crippen LogP) is 5.20. The van der Waals surface area contributed by atoms with Crippen LogP contribution in [0.2, 0.25) is 0 Å². The normalized spacial score (nSPS) is 13.8. The zero-order chi connectivity index (χ0) is 22.1. The van der Waals surface area contributed by atoms with Gasteiger partial charge >= 0.3 is 0 Å². The average molecular weight is 407 g/mol. The fourth-order valence-corrected chi connectivity index (χ4v) is 2.73. The SMILES string of the molecule is CC/C=C(C)/C(C)=C\C=C(/C)C(=O)/C(CNc1nccc(-c2ccco2)n1)=C(/C)N. The summed E-state index contributed by atoms with van der Waals surface area (Å²) in [5.41, 5.74) is 10.6. The van der Waals surface area contributed by atoms with Crippen LogP contribution in [0.4, 0.5) is 5.95 Å². The van der Waals surface area contributed by atoms with Crippen molar-refractivity contribution in [3.8, 4) is 11.5 Å². The molecule has 0 radical (unpaired) electrons. The highest BCUT2D eigenvalue weighted by molar-refractivity contribution is 6.08. The van der Waals surface area contributed by atoms with Crippen molar-refractivity contribution in [3.05, 3.63) is 76.9 Å². The number of hydrogen-bond donors (Lipinski definition) is 2. The molecule has 2 heterocycles. The number of carbonyl (C=O) groups excluding carboxylic acids is 1. The molecule has 0 bridgehead atoms. The molecule has 158 valence electrons. The van der Waals surface area contributed by atoms with Crippen LogP contribution in [-0.4, -0.2) is 22.3 Å². The van der Waals surface area contributed by atoms with E-state index in [9.17, 15) is 4.79 Å². The molecule has 6 nitrogen and oxygen atoms in total. The zero-order valence-electron chi connectivity index (χ0n) is 18.3. The summed E-state index contributed by atoms with van der Waals surface area (Å²) < 4.78 is 5.37. The van der Waals surface area contributed by atoms with Gasteiger partial charge in [0, 0.05) is 24.0 Å². The van der Waals surface area contributed by atoms with Crippen LogP contribution in [0.1, 0.15) is 41.0 Å². The van der Waals surface area contributed by atoms with E-state index >= 15 is 0 Å². The Morgan fingerprint density at radius 3 is 2.50 bits per heavy atom. The van der Waals surface area contributed by atoms with Gasteiger partial charge in [0.15, 0.2) is 11.5 Å². The minimum absolute atomic E-state index is 0.106. The molecule has 0 saturated carbocycles. The van der Waals surface area contributed by atoms with Gasteiger partial charge < -0.3 is 15.5 Å². The van der Waals surface area contributed by atoms with Crippen molar-refractivity contribution in [3.63, 3.8) is 0 Å². The number of hydrogen-bond acceptors (Lipinski definition) is 6. The number of nitrogens with zero attached hydrogens (tertiary/aromatic N) is 2. The number of ketones is 1. The maximum Gasteiger partial charge on any atom is 0.223 e. The van der Waals surface area contributed by atoms with Crippen LogP contribution in [0.5, 0.6) is 0 Å². The van der Waals surface area contributed by atoms with Crippen molar-refractivity contribution in [1.29, 1.82) is 0 Å². The first kappa shape index (κ1) is 22.9. The maximum absolute atomic E-state index is 12.9. The molecule has 30 heavy (non-hydrogen) atoms. The number of Topliss-reactive ketones (excluding diaryl/α,β-unsaturated/α-hetero) is 1. The number of nitrogens with one attached hydrogen (secondary N) is 1. The van der Waals surface area contributed by atoms with E-state index in [1.165, 1.54) is 5.57 Å². The van der Waals surface area contributed by atoms with Gasteiger partial charge in [-0.25, -0.2) is 9.97 Å². The molecule has 0 aliphatic rings. The Balaban J connectivity index is 2.13. The monoisotopic (exact) mass is 406 g/mol. The fraction of sp³-hybridized carbons (Fsp3) is 0.292. The maximum atomic E-state index is 12.9. The van der Waals surface area contributed by atoms with Gasteiger partial charge in [0.1, 0.15) is 5.69 Å². The topological polar surface area (TPSA) is 94.0 Å². The van der Waals surface area contributed by atoms with Crippen molar-refractivity contribution in [2.75, 3.05) is 11.9 Å². The van der Waals surface area contributed by atoms with Crippen molar-refractivity contribution < 1.29 is 9.21 Å². The molecule has 6 heteroatoms. The van der Waals surface area contributed by atoms with Crippen molar-refractivity contribution in [2.45, 2.75) is 41.0 Å². The zero-order valence-corrected chi connectivity index (χ0v) is 18.3. The second kappa shape index (κ2) is 11.0. The van der Waals surface area contributed by atoms with Gasteiger partial charge in [-0.2, -0.15) is 0 Å². The second-order valence-electron chi connectivity index (χ2n) is 7.08. The van der Waals surface area contributed by atoms with Crippen LogP contribution in [0.15, 0.2) is 81.3 Å². The number of carbonyl (C=O) groups is 1. The number of aromatic nitrogens is 2. The summed E-state index contributed by atoms with van der Waals surface area (Å²) in [6.07, 6.45) is 10.2. The minimum Gasteiger partial charge on any atom is -0.463 e. The predicted molar refractivity (Wildman–Crippen MR) is 122 cm³/mol. The number of furan rings is 1. The molecule has 2 rings (SSSR count). The van der Waals surface area contributed by atoms with Crippen molar-refractivity contribution >= 4 is 11.7 Å². The highest BCUT2D eigenvalue weighted by Crippen LogP contribution is 2.18. The molecule has 3 N–H and O–H groups in total. The summed E-state index contributed by atoms with van der Waals surface area (Å²) in [7, 11) is 0. The number of nitrogens with two attached hydrogens (primary N) is 1. The molecule has 0 aromatic carbocycles. The molecule has 0 saturated heterocycles. The van der Waals surface area contributed by atoms with Crippen molar-refractivity contribution in [2.24, 2.45) is 5.73 Å². The molecule has 0 unspecified atom stereocenters. The van der Waals surface area contributed by atoms with Crippen molar-refractivity contribution in [1.82, 2.24) is 9.97 Å². The van der Waals surface area contributed by atoms with Crippen LogP contribution >= 0.6 is 0 Å². The van der Waals surface area contributed by atoms with Crippen LogP contribution in [0.3, 0.4) is 0 Å². The Kier molecular flexibility index (Phi) is 8.35. The highest BCUT2D eigenvalue weighted by Gasteiger charge is 2.14. The number of rotatable bonds is 9. The third-order valence-electron chi connectivity index (χ3n) is 4.68. The van der Waals surface area contributed by atoms with Gasteiger partial charge in [0.05, 0.1) is 6.26 Å². The van der Waals surface area contributed by atoms with Gasteiger partial charge in [-0.1, -0.05) is 30.7 Å². The number of anilines is 1. The molecule has 0 amide bonds. The first-order valence-corrected chi connectivity index (χ1v) is 9.96. The standard InChI is InChI=1S/C24H30N4O2/c1-6-8-16(2)17(3)10-11-18(4)23(29)20(19(5)25)15-27-24-26-13-12-21(28-24)22-9-7-14-30-22/h7-14H,6,15,25H2,1-5H3,(H,26,27,28)/b16-8+,17-10-,18-11+,20-19-. The van der Waals surface area contributed by atoms with E-state index in [4.69, 9.17) is 10.2 Å². The summed E-state index contributed by atoms with van der Waals surface area (Å²) >= 11 is 0. The molecule has 0 spiro atoms. The molecule has 2 aromatic rings. The number of allylic oxidation sites excluding steroid dienone is 7. The van der Waals surface area contributed by atoms with E-state index < -0.39 is 0 Å². The first-order chi connectivity index (χ1) is 14.3. The van der Waals surface area contributed by atoms with Crippen LogP contribution < -0.4 is 11.1 Å². The molecule has 0 fully saturated rings. The Morgan fingerprint density at radius 1 is 1.13 bits per heavy atom. The van der Waals surface area contributed by atoms with Gasteiger partial charge in [0.2, 0.25) is 5.95 Å². The Bertz CT molecular complexity index is 992. The third-order valence-corrected chi connectivity index (χ3v) is 4.68. The van der Waals surface area contributed by atoms with Crippen LogP contribution in [-0.2, 0) is 4.79 Å². The quantitative estimate of drug-likeness (QED) is 0.439. The van der Waals surface area contributed by atoms with E-state index in [1.807, 2.05) is 25.1 Å². The molecular weight excluding hydrogens is 376 g/mol. The molecule has 2 aromatic heterocycles. The van der Waals surface area contributed by atoms with Gasteiger partial charge in [0.25, 0.3) is 0 Å². The Labute approximate surface area is 178 Å². The molecule has 0 atom stereocenters. The summed E-state index contributed by atoms with van der Waals surface area (Å²) in [4.78, 5) is 21.6. The van der Waals surface area contributed by atoms with Gasteiger partial charge in [-0.15, -0.1) is 0 Å². The largest absolute Gasteiger partial charge is 0.463 e. The summed E-state index contributed by atoms with van der Waals surface area (Å²) in [5.74, 6) is 0.940. The molecular formula is C24H30N4O2. The Hall–Kier alpha value is -3.41. The van der Waals surface area contributed by atoms with Gasteiger partial charge in [-0.05, 0) is 63.5 Å². The van der Waals surface area contributed by atoms with E-state index in [1.54, 1.807) is 38.4 Å². The van der Waals surface area contributed by atoms with E-state index in [0.29, 0.717) is 34.2 Å². The van der Waals surface area contributed by atoms with Gasteiger partial charge in [-0.3, -0.25) is 4.79 Å². The second-order valence-corrected chi connectivity index (χ2v) is 7.08. The van der Waals surface area contributed by atoms with E-state index in [0.717, 1.165) is 12.0 Å². The van der Waals surface area contributed by atoms with E-state index in [-0.39, 0.29) is 12.3 Å². The molecule has 0 aliphatic heterocycles. The summed E-state index contributed by atoms with van der Waals surface area (Å²) in [5, 5.41) is 3.09. The first-order valence-electron chi connectivity index (χ1n) is 9.96. The molecule has 0 aliphatic carbocycles. The smallest absolute Gasteiger partial charge is 0.223 e. The summed E-state index contributed by atoms with van der Waals surface area (Å²) in [6.45, 7) is 9.94. The lowest BCUT2D eigenvalue weighted by atomic mass is 10.0. The lowest BCUT2D eigenvalue weighted by Crippen LogP contribution is -2.19. The summed E-state index contributed by atoms with van der Waals surface area (Å²) in [6, 6.07) is 5.38. The lowest BCUT2D eigenvalue weighted by Gasteiger charge is -2.11. The lowest BCUT2D eigenvalue weighted by molar-refractivity contribution is -0.112. The average Bonchev–Trinajstić information content (AvgIpc) is 3.26. The van der Waals surface area contributed by atoms with E-state index in [2.05, 4.69) is 35.2 Å². The highest BCUT2D eigenvalue weighted by atomic mass is 16.3. The van der Waals surface area contributed by atoms with Crippen LogP contribution in [0.25, 0.3) is 11.5 Å². The Morgan fingerprint density at radius 2 is 1.87 bits per heavy atom. The van der Waals surface area contributed by atoms with Crippen LogP contribution in [0, 0.1) is 0 Å².